The maximum absolute atomic E-state index is 11.4. The van der Waals surface area contributed by atoms with E-state index in [0.29, 0.717) is 0 Å². The van der Waals surface area contributed by atoms with Crippen LogP contribution in [0.1, 0.15) is 12.5 Å². The van der Waals surface area contributed by atoms with Crippen molar-refractivity contribution in [2.45, 2.75) is 13.3 Å². The van der Waals surface area contributed by atoms with E-state index in [-0.39, 0.29) is 5.91 Å². The number of piperazine rings is 1. The molecule has 0 unspecified atom stereocenters. The molecule has 1 saturated heterocycles. The second-order valence-electron chi connectivity index (χ2n) is 7.14. The molecular formula is C21H31N7O. The number of aliphatic imine (C=N–C) groups is 1. The number of rotatable bonds is 7. The second-order valence-corrected chi connectivity index (χ2v) is 7.14. The van der Waals surface area contributed by atoms with E-state index in [1.165, 1.54) is 5.56 Å². The van der Waals surface area contributed by atoms with Gasteiger partial charge in [0.05, 0.1) is 5.69 Å². The Bertz CT molecular complexity index is 778. The van der Waals surface area contributed by atoms with Crippen LogP contribution < -0.4 is 10.6 Å². The Morgan fingerprint density at radius 3 is 2.45 bits per heavy atom. The van der Waals surface area contributed by atoms with Crippen molar-refractivity contribution in [3.05, 3.63) is 48.3 Å². The fourth-order valence-corrected chi connectivity index (χ4v) is 3.40. The Morgan fingerprint density at radius 2 is 1.83 bits per heavy atom. The number of hydrogen-bond acceptors (Lipinski definition) is 4. The lowest BCUT2D eigenvalue weighted by atomic mass is 10.1. The van der Waals surface area contributed by atoms with Crippen LogP contribution in [0.5, 0.6) is 0 Å². The first-order valence-electron chi connectivity index (χ1n) is 10.2. The highest BCUT2D eigenvalue weighted by atomic mass is 16.2. The Kier molecular flexibility index (Phi) is 7.63. The molecule has 2 heterocycles. The van der Waals surface area contributed by atoms with Gasteiger partial charge in [-0.25, -0.2) is 4.68 Å². The number of carbonyl (C=O) groups is 1. The molecule has 1 aromatic heterocycles. The molecule has 1 aliphatic rings. The molecule has 0 saturated carbocycles. The van der Waals surface area contributed by atoms with Crippen molar-refractivity contribution in [2.75, 3.05) is 52.9 Å². The van der Waals surface area contributed by atoms with Gasteiger partial charge in [-0.1, -0.05) is 12.1 Å². The van der Waals surface area contributed by atoms with Crippen LogP contribution in [-0.2, 0) is 11.2 Å². The normalized spacial score (nSPS) is 15.4. The van der Waals surface area contributed by atoms with Crippen LogP contribution in [0.4, 0.5) is 0 Å². The molecule has 0 radical (unpaired) electrons. The minimum absolute atomic E-state index is 0.170. The predicted octanol–water partition coefficient (Wildman–Crippen LogP) is 0.744. The molecule has 1 aromatic carbocycles. The molecule has 8 nitrogen and oxygen atoms in total. The van der Waals surface area contributed by atoms with Crippen LogP contribution in [0.25, 0.3) is 5.69 Å². The maximum atomic E-state index is 11.4. The maximum Gasteiger partial charge on any atom is 0.219 e. The number of nitrogens with zero attached hydrogens (tertiary/aromatic N) is 5. The molecule has 0 aliphatic carbocycles. The summed E-state index contributed by atoms with van der Waals surface area (Å²) >= 11 is 0. The SMILES string of the molecule is CN=C(NCCc1ccc(-n2cccn2)cc1)NCCN1CCN(C(C)=O)CC1. The summed E-state index contributed by atoms with van der Waals surface area (Å²) in [4.78, 5) is 20.0. The van der Waals surface area contributed by atoms with Crippen LogP contribution in [0.2, 0.25) is 0 Å². The van der Waals surface area contributed by atoms with Crippen LogP contribution in [0, 0.1) is 0 Å². The smallest absolute Gasteiger partial charge is 0.219 e. The van der Waals surface area contributed by atoms with Gasteiger partial charge in [-0.3, -0.25) is 14.7 Å². The molecule has 2 N–H and O–H groups in total. The van der Waals surface area contributed by atoms with Gasteiger partial charge in [-0.05, 0) is 30.2 Å². The zero-order valence-electron chi connectivity index (χ0n) is 17.3. The molecule has 156 valence electrons. The van der Waals surface area contributed by atoms with Gasteiger partial charge in [0.25, 0.3) is 0 Å². The zero-order valence-corrected chi connectivity index (χ0v) is 17.3. The van der Waals surface area contributed by atoms with Crippen molar-refractivity contribution >= 4 is 11.9 Å². The average Bonchev–Trinajstić information content (AvgIpc) is 3.28. The van der Waals surface area contributed by atoms with Crippen molar-refractivity contribution in [3.63, 3.8) is 0 Å². The van der Waals surface area contributed by atoms with Crippen molar-refractivity contribution in [2.24, 2.45) is 4.99 Å². The van der Waals surface area contributed by atoms with Gasteiger partial charge in [0.15, 0.2) is 5.96 Å². The van der Waals surface area contributed by atoms with Gasteiger partial charge in [0.1, 0.15) is 0 Å². The third-order valence-electron chi connectivity index (χ3n) is 5.17. The fraction of sp³-hybridized carbons (Fsp3) is 0.476. The molecule has 0 spiro atoms. The highest BCUT2D eigenvalue weighted by molar-refractivity contribution is 5.79. The van der Waals surface area contributed by atoms with E-state index in [2.05, 4.69) is 49.9 Å². The topological polar surface area (TPSA) is 77.8 Å². The highest BCUT2D eigenvalue weighted by Gasteiger charge is 2.17. The van der Waals surface area contributed by atoms with Crippen molar-refractivity contribution in [3.8, 4) is 5.69 Å². The fourth-order valence-electron chi connectivity index (χ4n) is 3.40. The van der Waals surface area contributed by atoms with Gasteiger partial charge in [-0.15, -0.1) is 0 Å². The largest absolute Gasteiger partial charge is 0.356 e. The summed E-state index contributed by atoms with van der Waals surface area (Å²) < 4.78 is 1.85. The second kappa shape index (κ2) is 10.6. The van der Waals surface area contributed by atoms with Gasteiger partial charge in [0.2, 0.25) is 5.91 Å². The summed E-state index contributed by atoms with van der Waals surface area (Å²) in [6, 6.07) is 10.4. The molecule has 1 aliphatic heterocycles. The number of benzene rings is 1. The first kappa shape index (κ1) is 20.9. The Morgan fingerprint density at radius 1 is 1.10 bits per heavy atom. The first-order chi connectivity index (χ1) is 14.2. The summed E-state index contributed by atoms with van der Waals surface area (Å²) in [5.74, 6) is 0.990. The van der Waals surface area contributed by atoms with Crippen LogP contribution in [0.3, 0.4) is 0 Å². The molecule has 0 bridgehead atoms. The van der Waals surface area contributed by atoms with Crippen LogP contribution in [0.15, 0.2) is 47.7 Å². The minimum atomic E-state index is 0.170. The van der Waals surface area contributed by atoms with Gasteiger partial charge in [-0.2, -0.15) is 5.10 Å². The molecule has 29 heavy (non-hydrogen) atoms. The van der Waals surface area contributed by atoms with Crippen molar-refractivity contribution in [1.82, 2.24) is 30.2 Å². The van der Waals surface area contributed by atoms with Crippen molar-refractivity contribution < 1.29 is 4.79 Å². The van der Waals surface area contributed by atoms with E-state index in [9.17, 15) is 4.79 Å². The zero-order chi connectivity index (χ0) is 20.5. The summed E-state index contributed by atoms with van der Waals surface area (Å²) in [7, 11) is 1.79. The number of amides is 1. The number of aromatic nitrogens is 2. The number of nitrogens with one attached hydrogen (secondary N) is 2. The Hall–Kier alpha value is -2.87. The van der Waals surface area contributed by atoms with E-state index in [1.807, 2.05) is 21.8 Å². The molecule has 1 fully saturated rings. The average molecular weight is 398 g/mol. The molecule has 8 heteroatoms. The van der Waals surface area contributed by atoms with Crippen LogP contribution in [-0.4, -0.2) is 84.3 Å². The number of hydrogen-bond donors (Lipinski definition) is 2. The van der Waals surface area contributed by atoms with E-state index in [1.54, 1.807) is 20.2 Å². The summed E-state index contributed by atoms with van der Waals surface area (Å²) in [5.41, 5.74) is 2.33. The van der Waals surface area contributed by atoms with Crippen molar-refractivity contribution in [1.29, 1.82) is 0 Å². The number of carbonyl (C=O) groups excluding carboxylic acids is 1. The molecule has 3 rings (SSSR count). The van der Waals surface area contributed by atoms with Gasteiger partial charge in [0, 0.05) is 72.2 Å². The first-order valence-corrected chi connectivity index (χ1v) is 10.2. The standard InChI is InChI=1S/C21H31N7O/c1-18(29)27-16-14-26(15-17-27)13-11-24-21(22-2)23-10-8-19-4-6-20(7-5-19)28-12-3-9-25-28/h3-7,9,12H,8,10-11,13-17H2,1-2H3,(H2,22,23,24). The summed E-state index contributed by atoms with van der Waals surface area (Å²) in [6.45, 7) is 7.74. The summed E-state index contributed by atoms with van der Waals surface area (Å²) in [5, 5.41) is 11.0. The predicted molar refractivity (Wildman–Crippen MR) is 115 cm³/mol. The molecular weight excluding hydrogens is 366 g/mol. The Balaban J connectivity index is 1.33. The lowest BCUT2D eigenvalue weighted by molar-refractivity contribution is -0.130. The van der Waals surface area contributed by atoms with E-state index < -0.39 is 0 Å². The molecule has 1 amide bonds. The third kappa shape index (κ3) is 6.32. The lowest BCUT2D eigenvalue weighted by Gasteiger charge is -2.34. The molecule has 0 atom stereocenters. The van der Waals surface area contributed by atoms with E-state index in [4.69, 9.17) is 0 Å². The molecule has 2 aromatic rings. The monoisotopic (exact) mass is 397 g/mol. The van der Waals surface area contributed by atoms with Gasteiger partial charge >= 0.3 is 0 Å². The lowest BCUT2D eigenvalue weighted by Crippen LogP contribution is -2.50. The Labute approximate surface area is 172 Å². The van der Waals surface area contributed by atoms with E-state index >= 15 is 0 Å². The minimum Gasteiger partial charge on any atom is -0.356 e. The highest BCUT2D eigenvalue weighted by Crippen LogP contribution is 2.08. The van der Waals surface area contributed by atoms with Gasteiger partial charge < -0.3 is 15.5 Å². The van der Waals surface area contributed by atoms with Crippen LogP contribution >= 0.6 is 0 Å². The van der Waals surface area contributed by atoms with E-state index in [0.717, 1.165) is 63.9 Å². The quantitative estimate of drug-likeness (QED) is 0.532. The number of guanidine groups is 1. The third-order valence-corrected chi connectivity index (χ3v) is 5.17. The summed E-state index contributed by atoms with van der Waals surface area (Å²) in [6.07, 6.45) is 4.64.